The van der Waals surface area contributed by atoms with Crippen molar-refractivity contribution in [2.75, 3.05) is 23.7 Å². The van der Waals surface area contributed by atoms with Crippen LogP contribution in [0, 0.1) is 24.4 Å². The predicted octanol–water partition coefficient (Wildman–Crippen LogP) is 6.87. The number of carbonyl (C=O) groups is 1. The molecule has 0 saturated carbocycles. The van der Waals surface area contributed by atoms with Gasteiger partial charge in [-0.1, -0.05) is 15.9 Å². The second kappa shape index (κ2) is 11.5. The van der Waals surface area contributed by atoms with Crippen LogP contribution in [0.2, 0.25) is 0 Å². The van der Waals surface area contributed by atoms with E-state index >= 15 is 0 Å². The number of aromatic nitrogens is 1. The Balaban J connectivity index is 1.60. The highest BCUT2D eigenvalue weighted by atomic mass is 79.9. The van der Waals surface area contributed by atoms with Crippen LogP contribution in [0.4, 0.5) is 18.9 Å². The van der Waals surface area contributed by atoms with Crippen LogP contribution in [0.1, 0.15) is 28.0 Å². The largest absolute Gasteiger partial charge is 0.488 e. The number of halogens is 4. The van der Waals surface area contributed by atoms with Crippen LogP contribution >= 0.6 is 15.9 Å². The number of methoxy groups -OCH3 is 1. The summed E-state index contributed by atoms with van der Waals surface area (Å²) in [5, 5.41) is 0. The summed E-state index contributed by atoms with van der Waals surface area (Å²) in [7, 11) is 0.0896. The Morgan fingerprint density at radius 3 is 2.40 bits per heavy atom. The summed E-state index contributed by atoms with van der Waals surface area (Å²) in [4.78, 5) is 12.6. The summed E-state index contributed by atoms with van der Waals surface area (Å²) in [5.74, 6) is -2.75. The summed E-state index contributed by atoms with van der Waals surface area (Å²) in [5.41, 5.74) is 3.25. The Kier molecular flexibility index (Phi) is 8.04. The van der Waals surface area contributed by atoms with Crippen molar-refractivity contribution in [1.29, 1.82) is 0 Å². The zero-order chi connectivity index (χ0) is 28.6. The number of ether oxygens (including phenoxy) is 2. The van der Waals surface area contributed by atoms with Crippen molar-refractivity contribution in [2.24, 2.45) is 0 Å². The molecule has 1 saturated heterocycles. The fourth-order valence-electron chi connectivity index (χ4n) is 4.67. The van der Waals surface area contributed by atoms with Crippen LogP contribution in [0.3, 0.4) is 0 Å². The van der Waals surface area contributed by atoms with Gasteiger partial charge in [-0.25, -0.2) is 22.2 Å². The Labute approximate surface area is 240 Å². The second-order valence-corrected chi connectivity index (χ2v) is 11.6. The molecule has 3 aromatic carbocycles. The quantitative estimate of drug-likeness (QED) is 0.209. The molecular weight excluding hydrogens is 609 g/mol. The van der Waals surface area contributed by atoms with E-state index in [9.17, 15) is 22.2 Å². The van der Waals surface area contributed by atoms with Gasteiger partial charge in [0.25, 0.3) is 0 Å². The standard InChI is InChI=1S/C29H24BrF3N2O4S/c1-17-4-6-27(23-12-19(30)5-7-28(23)39-16-24-25(32)13-20(31)14-26(24)33)35(17)22-11-18(29(36)38-2)10-21(15-22)34-8-3-9-40(34)37/h4-7,10-15H,3,8-9,16H2,1-2H3. The molecule has 1 aliphatic heterocycles. The number of nitrogens with zero attached hydrogens (tertiary/aromatic N) is 2. The molecule has 40 heavy (non-hydrogen) atoms. The third-order valence-corrected chi connectivity index (χ3v) is 8.58. The molecule has 11 heteroatoms. The van der Waals surface area contributed by atoms with Gasteiger partial charge >= 0.3 is 5.97 Å². The third-order valence-electron chi connectivity index (χ3n) is 6.57. The van der Waals surface area contributed by atoms with E-state index in [0.717, 1.165) is 16.6 Å². The zero-order valence-electron chi connectivity index (χ0n) is 21.5. The molecule has 0 spiro atoms. The van der Waals surface area contributed by atoms with Crippen molar-refractivity contribution >= 4 is 38.6 Å². The fraction of sp³-hybridized carbons (Fsp3) is 0.207. The third kappa shape index (κ3) is 5.53. The van der Waals surface area contributed by atoms with Gasteiger partial charge in [0.2, 0.25) is 0 Å². The minimum Gasteiger partial charge on any atom is -0.488 e. The first kappa shape index (κ1) is 28.0. The molecule has 1 unspecified atom stereocenters. The average Bonchev–Trinajstić information content (AvgIpc) is 3.53. The minimum atomic E-state index is -1.21. The van der Waals surface area contributed by atoms with Gasteiger partial charge in [-0.05, 0) is 61.9 Å². The molecular formula is C29H24BrF3N2O4S. The van der Waals surface area contributed by atoms with E-state index in [4.69, 9.17) is 9.47 Å². The smallest absolute Gasteiger partial charge is 0.337 e. The van der Waals surface area contributed by atoms with Crippen molar-refractivity contribution in [3.63, 3.8) is 0 Å². The highest BCUT2D eigenvalue weighted by molar-refractivity contribution is 9.10. The van der Waals surface area contributed by atoms with Crippen molar-refractivity contribution in [2.45, 2.75) is 20.0 Å². The van der Waals surface area contributed by atoms with Gasteiger partial charge in [-0.3, -0.25) is 4.31 Å². The fourth-order valence-corrected chi connectivity index (χ4v) is 6.30. The SMILES string of the molecule is COC(=O)c1cc(N2CCCS2=O)cc(-n2c(C)ccc2-c2cc(Br)ccc2OCc2c(F)cc(F)cc2F)c1. The highest BCUT2D eigenvalue weighted by Gasteiger charge is 2.24. The average molecular weight is 633 g/mol. The number of rotatable bonds is 7. The van der Waals surface area contributed by atoms with Gasteiger partial charge in [-0.2, -0.15) is 0 Å². The van der Waals surface area contributed by atoms with E-state index in [0.29, 0.717) is 58.4 Å². The summed E-state index contributed by atoms with van der Waals surface area (Å²) in [6, 6.07) is 15.4. The topological polar surface area (TPSA) is 60.8 Å². The van der Waals surface area contributed by atoms with E-state index in [2.05, 4.69) is 15.9 Å². The Morgan fingerprint density at radius 2 is 1.73 bits per heavy atom. The van der Waals surface area contributed by atoms with Gasteiger partial charge in [-0.15, -0.1) is 0 Å². The maximum Gasteiger partial charge on any atom is 0.337 e. The predicted molar refractivity (Wildman–Crippen MR) is 151 cm³/mol. The van der Waals surface area contributed by atoms with Gasteiger partial charge in [0.15, 0.2) is 0 Å². The van der Waals surface area contributed by atoms with Crippen molar-refractivity contribution in [3.8, 4) is 22.7 Å². The number of esters is 1. The summed E-state index contributed by atoms with van der Waals surface area (Å²) < 4.78 is 69.8. The Morgan fingerprint density at radius 1 is 1.00 bits per heavy atom. The van der Waals surface area contributed by atoms with E-state index in [1.54, 1.807) is 34.6 Å². The minimum absolute atomic E-state index is 0.297. The highest BCUT2D eigenvalue weighted by Crippen LogP contribution is 2.37. The maximum absolute atomic E-state index is 14.3. The molecule has 0 amide bonds. The number of anilines is 1. The molecule has 6 nitrogen and oxygen atoms in total. The molecule has 0 N–H and O–H groups in total. The van der Waals surface area contributed by atoms with E-state index in [-0.39, 0.29) is 0 Å². The molecule has 208 valence electrons. The van der Waals surface area contributed by atoms with Crippen molar-refractivity contribution in [1.82, 2.24) is 4.57 Å². The van der Waals surface area contributed by atoms with Crippen LogP contribution in [-0.4, -0.2) is 34.2 Å². The lowest BCUT2D eigenvalue weighted by Crippen LogP contribution is -2.20. The van der Waals surface area contributed by atoms with Crippen LogP contribution in [0.15, 0.2) is 65.1 Å². The number of benzene rings is 3. The molecule has 1 aliphatic rings. The first-order valence-electron chi connectivity index (χ1n) is 12.3. The summed E-state index contributed by atoms with van der Waals surface area (Å²) in [6.45, 7) is 2.02. The van der Waals surface area contributed by atoms with Gasteiger partial charge in [0, 0.05) is 45.8 Å². The summed E-state index contributed by atoms with van der Waals surface area (Å²) >= 11 is 3.48. The van der Waals surface area contributed by atoms with Crippen LogP contribution in [0.25, 0.3) is 16.9 Å². The number of carbonyl (C=O) groups excluding carboxylic acids is 1. The normalized spacial score (nSPS) is 14.9. The lowest BCUT2D eigenvalue weighted by Gasteiger charge is -2.21. The molecule has 1 atom stereocenters. The number of aryl methyl sites for hydroxylation is 1. The summed E-state index contributed by atoms with van der Waals surface area (Å²) in [6.07, 6.45) is 0.770. The molecule has 0 radical (unpaired) electrons. The van der Waals surface area contributed by atoms with Crippen molar-refractivity contribution in [3.05, 3.63) is 99.4 Å². The van der Waals surface area contributed by atoms with Crippen molar-refractivity contribution < 1.29 is 31.6 Å². The molecule has 0 bridgehead atoms. The monoisotopic (exact) mass is 632 g/mol. The molecule has 4 aromatic rings. The van der Waals surface area contributed by atoms with Gasteiger partial charge in [0.05, 0.1) is 29.6 Å². The van der Waals surface area contributed by atoms with E-state index in [1.807, 2.05) is 29.7 Å². The van der Waals surface area contributed by atoms with Crippen LogP contribution < -0.4 is 9.04 Å². The van der Waals surface area contributed by atoms with E-state index in [1.165, 1.54) is 7.11 Å². The molecule has 1 aromatic heterocycles. The maximum atomic E-state index is 14.3. The number of hydrogen-bond donors (Lipinski definition) is 0. The van der Waals surface area contributed by atoms with Crippen LogP contribution in [-0.2, 0) is 22.3 Å². The lowest BCUT2D eigenvalue weighted by molar-refractivity contribution is 0.0600. The zero-order valence-corrected chi connectivity index (χ0v) is 24.0. The lowest BCUT2D eigenvalue weighted by atomic mass is 10.1. The first-order valence-corrected chi connectivity index (χ1v) is 14.4. The Hall–Kier alpha value is -3.57. The first-order chi connectivity index (χ1) is 19.2. The molecule has 0 aliphatic carbocycles. The second-order valence-electron chi connectivity index (χ2n) is 9.18. The molecule has 2 heterocycles. The molecule has 5 rings (SSSR count). The Bertz CT molecular complexity index is 1620. The number of hydrogen-bond acceptors (Lipinski definition) is 4. The van der Waals surface area contributed by atoms with E-state index < -0.39 is 46.6 Å². The van der Waals surface area contributed by atoms with Crippen LogP contribution in [0.5, 0.6) is 5.75 Å². The molecule has 1 fully saturated rings. The van der Waals surface area contributed by atoms with Gasteiger partial charge < -0.3 is 14.0 Å². The van der Waals surface area contributed by atoms with Gasteiger partial charge in [0.1, 0.15) is 40.8 Å².